The Hall–Kier alpha value is -2.95. The third kappa shape index (κ3) is 5.78. The van der Waals surface area contributed by atoms with E-state index in [1.165, 1.54) is 35.6 Å². The summed E-state index contributed by atoms with van der Waals surface area (Å²) in [6, 6.07) is 7.71. The van der Waals surface area contributed by atoms with Crippen LogP contribution in [-0.2, 0) is 16.1 Å². The number of nitrogens with zero attached hydrogens (tertiary/aromatic N) is 3. The Morgan fingerprint density at radius 3 is 2.41 bits per heavy atom. The highest BCUT2D eigenvalue weighted by atomic mass is 16.6. The highest BCUT2D eigenvalue weighted by molar-refractivity contribution is 5.99. The third-order valence-electron chi connectivity index (χ3n) is 5.03. The number of rotatable bonds is 8. The maximum Gasteiger partial charge on any atom is 0.269 e. The van der Waals surface area contributed by atoms with Crippen LogP contribution in [0.4, 0.5) is 5.69 Å². The lowest BCUT2D eigenvalue weighted by molar-refractivity contribution is -0.384. The SMILES string of the molecule is N#CCN(Cc1ccc([N+](=O)[O-])cc1)C(=O)C(CC1CCCCC1)C(N)=O. The fraction of sp³-hybridized carbons (Fsp3) is 0.526. The normalized spacial score (nSPS) is 15.5. The molecular weight excluding hydrogens is 348 g/mol. The first-order valence-corrected chi connectivity index (χ1v) is 9.10. The van der Waals surface area contributed by atoms with Crippen LogP contribution in [0, 0.1) is 33.3 Å². The van der Waals surface area contributed by atoms with Crippen molar-refractivity contribution in [3.8, 4) is 6.07 Å². The maximum absolute atomic E-state index is 12.9. The van der Waals surface area contributed by atoms with E-state index in [0.29, 0.717) is 17.9 Å². The van der Waals surface area contributed by atoms with Crippen LogP contribution < -0.4 is 5.73 Å². The molecule has 2 rings (SSSR count). The predicted octanol–water partition coefficient (Wildman–Crippen LogP) is 2.52. The molecule has 0 bridgehead atoms. The molecule has 1 saturated carbocycles. The van der Waals surface area contributed by atoms with Crippen molar-refractivity contribution in [3.05, 3.63) is 39.9 Å². The van der Waals surface area contributed by atoms with Crippen LogP contribution in [0.5, 0.6) is 0 Å². The minimum absolute atomic E-state index is 0.0516. The van der Waals surface area contributed by atoms with Gasteiger partial charge in [0.1, 0.15) is 12.5 Å². The van der Waals surface area contributed by atoms with Gasteiger partial charge in [0.15, 0.2) is 0 Å². The summed E-state index contributed by atoms with van der Waals surface area (Å²) in [7, 11) is 0. The average molecular weight is 372 g/mol. The molecule has 1 aliphatic carbocycles. The van der Waals surface area contributed by atoms with E-state index in [-0.39, 0.29) is 18.8 Å². The van der Waals surface area contributed by atoms with Gasteiger partial charge in [-0.05, 0) is 17.9 Å². The van der Waals surface area contributed by atoms with Crippen LogP contribution in [0.15, 0.2) is 24.3 Å². The zero-order valence-electron chi connectivity index (χ0n) is 15.2. The summed E-state index contributed by atoms with van der Waals surface area (Å²) in [6.07, 6.45) is 5.74. The van der Waals surface area contributed by atoms with Gasteiger partial charge in [-0.25, -0.2) is 0 Å². The molecule has 0 heterocycles. The highest BCUT2D eigenvalue weighted by Gasteiger charge is 2.32. The van der Waals surface area contributed by atoms with Crippen molar-refractivity contribution < 1.29 is 14.5 Å². The van der Waals surface area contributed by atoms with Gasteiger partial charge in [-0.2, -0.15) is 5.26 Å². The summed E-state index contributed by atoms with van der Waals surface area (Å²) in [5, 5.41) is 19.8. The van der Waals surface area contributed by atoms with Crippen molar-refractivity contribution in [1.82, 2.24) is 4.90 Å². The zero-order chi connectivity index (χ0) is 19.8. The molecule has 1 aliphatic rings. The van der Waals surface area contributed by atoms with Crippen molar-refractivity contribution in [2.45, 2.75) is 45.1 Å². The number of nitro groups is 1. The Bertz CT molecular complexity index is 720. The van der Waals surface area contributed by atoms with Gasteiger partial charge in [0.05, 0.1) is 11.0 Å². The molecule has 1 atom stereocenters. The number of nitrogens with two attached hydrogens (primary N) is 1. The summed E-state index contributed by atoms with van der Waals surface area (Å²) in [5.41, 5.74) is 6.08. The Labute approximate surface area is 158 Å². The fourth-order valence-electron chi connectivity index (χ4n) is 3.56. The van der Waals surface area contributed by atoms with E-state index >= 15 is 0 Å². The number of nitro benzene ring substituents is 1. The van der Waals surface area contributed by atoms with Crippen molar-refractivity contribution in [2.75, 3.05) is 6.54 Å². The molecule has 1 aromatic carbocycles. The van der Waals surface area contributed by atoms with Gasteiger partial charge in [-0.15, -0.1) is 0 Å². The van der Waals surface area contributed by atoms with Crippen molar-refractivity contribution in [1.29, 1.82) is 5.26 Å². The molecule has 1 fully saturated rings. The van der Waals surface area contributed by atoms with Gasteiger partial charge in [0.2, 0.25) is 11.8 Å². The minimum atomic E-state index is -0.945. The van der Waals surface area contributed by atoms with E-state index in [0.717, 1.165) is 25.7 Å². The van der Waals surface area contributed by atoms with Crippen LogP contribution >= 0.6 is 0 Å². The monoisotopic (exact) mass is 372 g/mol. The number of carbonyl (C=O) groups is 2. The summed E-state index contributed by atoms with van der Waals surface area (Å²) in [6.45, 7) is -0.0803. The second-order valence-corrected chi connectivity index (χ2v) is 6.97. The van der Waals surface area contributed by atoms with E-state index in [1.54, 1.807) is 0 Å². The largest absolute Gasteiger partial charge is 0.369 e. The summed E-state index contributed by atoms with van der Waals surface area (Å²) < 4.78 is 0. The molecular formula is C19H24N4O4. The molecule has 0 aromatic heterocycles. The molecule has 1 aromatic rings. The lowest BCUT2D eigenvalue weighted by Gasteiger charge is -2.28. The Morgan fingerprint density at radius 1 is 1.26 bits per heavy atom. The van der Waals surface area contributed by atoms with E-state index in [2.05, 4.69) is 0 Å². The standard InChI is InChI=1S/C19H24N4O4/c20-10-11-22(13-15-6-8-16(9-7-15)23(26)27)19(25)17(18(21)24)12-14-4-2-1-3-5-14/h6-9,14,17H,1-5,11-13H2,(H2,21,24). The molecule has 0 saturated heterocycles. The first-order chi connectivity index (χ1) is 12.9. The second kappa shape index (κ2) is 9.67. The van der Waals surface area contributed by atoms with Gasteiger partial charge in [-0.1, -0.05) is 44.2 Å². The van der Waals surface area contributed by atoms with Crippen LogP contribution in [0.3, 0.4) is 0 Å². The first-order valence-electron chi connectivity index (χ1n) is 9.10. The van der Waals surface area contributed by atoms with E-state index < -0.39 is 22.7 Å². The van der Waals surface area contributed by atoms with Crippen LogP contribution in [-0.4, -0.2) is 28.2 Å². The van der Waals surface area contributed by atoms with Gasteiger partial charge in [-0.3, -0.25) is 19.7 Å². The number of nitriles is 1. The van der Waals surface area contributed by atoms with Gasteiger partial charge in [0.25, 0.3) is 5.69 Å². The van der Waals surface area contributed by atoms with E-state index in [1.807, 2.05) is 6.07 Å². The minimum Gasteiger partial charge on any atom is -0.369 e. The van der Waals surface area contributed by atoms with Crippen LogP contribution in [0.2, 0.25) is 0 Å². The number of amides is 2. The molecule has 0 radical (unpaired) electrons. The number of non-ortho nitro benzene ring substituents is 1. The molecule has 144 valence electrons. The zero-order valence-corrected chi connectivity index (χ0v) is 15.2. The lowest BCUT2D eigenvalue weighted by atomic mass is 9.82. The first kappa shape index (κ1) is 20.4. The quantitative estimate of drug-likeness (QED) is 0.324. The number of hydrogen-bond acceptors (Lipinski definition) is 5. The number of benzene rings is 1. The van der Waals surface area contributed by atoms with Crippen molar-refractivity contribution in [3.63, 3.8) is 0 Å². The average Bonchev–Trinajstić information content (AvgIpc) is 2.66. The van der Waals surface area contributed by atoms with Crippen LogP contribution in [0.25, 0.3) is 0 Å². The second-order valence-electron chi connectivity index (χ2n) is 6.97. The Balaban J connectivity index is 2.11. The molecule has 27 heavy (non-hydrogen) atoms. The van der Waals surface area contributed by atoms with Crippen molar-refractivity contribution >= 4 is 17.5 Å². The van der Waals surface area contributed by atoms with Gasteiger partial charge < -0.3 is 10.6 Å². The smallest absolute Gasteiger partial charge is 0.269 e. The molecule has 8 nitrogen and oxygen atoms in total. The molecule has 8 heteroatoms. The third-order valence-corrected chi connectivity index (χ3v) is 5.03. The molecule has 0 spiro atoms. The molecule has 1 unspecified atom stereocenters. The van der Waals surface area contributed by atoms with E-state index in [4.69, 9.17) is 11.0 Å². The van der Waals surface area contributed by atoms with E-state index in [9.17, 15) is 19.7 Å². The molecule has 2 amide bonds. The van der Waals surface area contributed by atoms with Crippen molar-refractivity contribution in [2.24, 2.45) is 17.6 Å². The summed E-state index contributed by atoms with van der Waals surface area (Å²) >= 11 is 0. The molecule has 0 aliphatic heterocycles. The Morgan fingerprint density at radius 2 is 1.89 bits per heavy atom. The van der Waals surface area contributed by atoms with Gasteiger partial charge in [0, 0.05) is 18.7 Å². The maximum atomic E-state index is 12.9. The lowest BCUT2D eigenvalue weighted by Crippen LogP contribution is -2.42. The highest BCUT2D eigenvalue weighted by Crippen LogP contribution is 2.30. The summed E-state index contributed by atoms with van der Waals surface area (Å²) in [5.74, 6) is -1.77. The fourth-order valence-corrected chi connectivity index (χ4v) is 3.56. The van der Waals surface area contributed by atoms with Gasteiger partial charge >= 0.3 is 0 Å². The number of carbonyl (C=O) groups excluding carboxylic acids is 2. The number of hydrogen-bond donors (Lipinski definition) is 1. The van der Waals surface area contributed by atoms with Crippen LogP contribution in [0.1, 0.15) is 44.1 Å². The number of primary amides is 1. The Kier molecular flexibility index (Phi) is 7.29. The molecule has 2 N–H and O–H groups in total. The topological polar surface area (TPSA) is 130 Å². The predicted molar refractivity (Wildman–Crippen MR) is 98.0 cm³/mol. The summed E-state index contributed by atoms with van der Waals surface area (Å²) in [4.78, 5) is 36.3.